The van der Waals surface area contributed by atoms with Crippen LogP contribution in [0.2, 0.25) is 0 Å². The van der Waals surface area contributed by atoms with Crippen molar-refractivity contribution < 1.29 is 21.6 Å². The maximum atomic E-state index is 12.1. The van der Waals surface area contributed by atoms with Crippen LogP contribution in [0.4, 0.5) is 13.2 Å². The Bertz CT molecular complexity index is 478. The van der Waals surface area contributed by atoms with E-state index < -0.39 is 27.8 Å². The summed E-state index contributed by atoms with van der Waals surface area (Å²) in [5.41, 5.74) is 0. The van der Waals surface area contributed by atoms with Gasteiger partial charge in [-0.05, 0) is 0 Å². The summed E-state index contributed by atoms with van der Waals surface area (Å²) >= 11 is 0. The molecule has 0 amide bonds. The number of rotatable bonds is 3. The number of nitrogens with two attached hydrogens (primary N) is 1. The van der Waals surface area contributed by atoms with Gasteiger partial charge in [-0.1, -0.05) is 6.92 Å². The van der Waals surface area contributed by atoms with Gasteiger partial charge in [0.1, 0.15) is 12.4 Å². The maximum absolute atomic E-state index is 12.1. The van der Waals surface area contributed by atoms with E-state index in [1.54, 1.807) is 6.92 Å². The third kappa shape index (κ3) is 3.20. The quantitative estimate of drug-likeness (QED) is 0.863. The summed E-state index contributed by atoms with van der Waals surface area (Å²) in [4.78, 5) is 3.53. The van der Waals surface area contributed by atoms with Gasteiger partial charge in [0.2, 0.25) is 0 Å². The number of alkyl halides is 3. The number of halogens is 3. The Balaban J connectivity index is 3.15. The van der Waals surface area contributed by atoms with E-state index in [0.29, 0.717) is 0 Å². The lowest BCUT2D eigenvalue weighted by molar-refractivity contribution is -0.141. The first-order chi connectivity index (χ1) is 7.13. The highest BCUT2D eigenvalue weighted by molar-refractivity contribution is 7.89. The topological polar surface area (TPSA) is 78.0 Å². The van der Waals surface area contributed by atoms with Crippen LogP contribution in [-0.4, -0.2) is 24.1 Å². The van der Waals surface area contributed by atoms with Crippen molar-refractivity contribution in [2.24, 2.45) is 5.14 Å². The van der Waals surface area contributed by atoms with Gasteiger partial charge in [-0.3, -0.25) is 0 Å². The normalized spacial score (nSPS) is 13.1. The Morgan fingerprint density at radius 3 is 2.44 bits per heavy atom. The van der Waals surface area contributed by atoms with E-state index >= 15 is 0 Å². The van der Waals surface area contributed by atoms with Gasteiger partial charge in [0, 0.05) is 12.6 Å². The molecular weight excluding hydrogens is 247 g/mol. The van der Waals surface area contributed by atoms with Crippen LogP contribution in [0, 0.1) is 0 Å². The van der Waals surface area contributed by atoms with E-state index in [2.05, 4.69) is 4.98 Å². The van der Waals surface area contributed by atoms with E-state index in [1.807, 2.05) is 0 Å². The van der Waals surface area contributed by atoms with Crippen molar-refractivity contribution in [1.29, 1.82) is 0 Å². The van der Waals surface area contributed by atoms with E-state index in [-0.39, 0.29) is 12.2 Å². The Labute approximate surface area is 90.1 Å². The summed E-state index contributed by atoms with van der Waals surface area (Å²) in [7, 11) is -4.07. The van der Waals surface area contributed by atoms with Crippen molar-refractivity contribution in [3.63, 3.8) is 0 Å². The molecule has 0 unspecified atom stereocenters. The molecule has 2 N–H and O–H groups in total. The van der Waals surface area contributed by atoms with E-state index in [0.717, 1.165) is 10.8 Å². The molecule has 0 aliphatic carbocycles. The minimum atomic E-state index is -4.43. The van der Waals surface area contributed by atoms with Gasteiger partial charge in [0.15, 0.2) is 5.03 Å². The molecule has 0 bridgehead atoms. The smallest absolute Gasteiger partial charge is 0.324 e. The van der Waals surface area contributed by atoms with Gasteiger partial charge in [0.05, 0.1) is 0 Å². The monoisotopic (exact) mass is 257 g/mol. The standard InChI is InChI=1S/C7H10F3N3O2S/c1-2-5-12-6(16(11,14)15)3-13(5)4-7(8,9)10/h3H,2,4H2,1H3,(H2,11,14,15). The Hall–Kier alpha value is -1.09. The van der Waals surface area contributed by atoms with Crippen LogP contribution >= 0.6 is 0 Å². The second-order valence-electron chi connectivity index (χ2n) is 3.14. The summed E-state index contributed by atoms with van der Waals surface area (Å²) in [6.45, 7) is 0.292. The molecule has 0 aliphatic heterocycles. The average molecular weight is 257 g/mol. The molecule has 0 aliphatic rings. The van der Waals surface area contributed by atoms with E-state index in [4.69, 9.17) is 5.14 Å². The molecule has 0 spiro atoms. The Morgan fingerprint density at radius 1 is 1.50 bits per heavy atom. The zero-order valence-corrected chi connectivity index (χ0v) is 9.14. The van der Waals surface area contributed by atoms with Crippen molar-refractivity contribution in [1.82, 2.24) is 9.55 Å². The summed E-state index contributed by atoms with van der Waals surface area (Å²) < 4.78 is 58.9. The summed E-state index contributed by atoms with van der Waals surface area (Å²) in [5.74, 6) is 0.0290. The predicted molar refractivity (Wildman–Crippen MR) is 49.0 cm³/mol. The minimum absolute atomic E-state index is 0.0290. The Kier molecular flexibility index (Phi) is 3.29. The second-order valence-corrected chi connectivity index (χ2v) is 4.65. The van der Waals surface area contributed by atoms with Crippen LogP contribution in [0.15, 0.2) is 11.2 Å². The van der Waals surface area contributed by atoms with Crippen LogP contribution < -0.4 is 5.14 Å². The summed E-state index contributed by atoms with van der Waals surface area (Å²) in [6.07, 6.45) is -3.45. The van der Waals surface area contributed by atoms with Crippen LogP contribution in [-0.2, 0) is 23.0 Å². The first kappa shape index (κ1) is 13.0. The third-order valence-electron chi connectivity index (χ3n) is 1.79. The molecule has 9 heteroatoms. The van der Waals surface area contributed by atoms with E-state index in [1.165, 1.54) is 0 Å². The summed E-state index contributed by atoms with van der Waals surface area (Å²) in [5, 5.41) is 4.22. The first-order valence-corrected chi connectivity index (χ1v) is 5.83. The van der Waals surface area contributed by atoms with Gasteiger partial charge < -0.3 is 4.57 Å². The molecule has 0 atom stereocenters. The van der Waals surface area contributed by atoms with Crippen LogP contribution in [0.5, 0.6) is 0 Å². The van der Waals surface area contributed by atoms with Crippen LogP contribution in [0.25, 0.3) is 0 Å². The van der Waals surface area contributed by atoms with Crippen LogP contribution in [0.1, 0.15) is 12.7 Å². The highest BCUT2D eigenvalue weighted by atomic mass is 32.2. The molecule has 1 heterocycles. The highest BCUT2D eigenvalue weighted by Crippen LogP contribution is 2.20. The fourth-order valence-corrected chi connectivity index (χ4v) is 1.68. The van der Waals surface area contributed by atoms with Gasteiger partial charge in [-0.15, -0.1) is 0 Å². The molecule has 0 saturated heterocycles. The average Bonchev–Trinajstić information content (AvgIpc) is 2.43. The molecule has 5 nitrogen and oxygen atoms in total. The number of aryl methyl sites for hydroxylation is 1. The van der Waals surface area contributed by atoms with Crippen molar-refractivity contribution in [3.05, 3.63) is 12.0 Å². The number of aromatic nitrogens is 2. The number of nitrogens with zero attached hydrogens (tertiary/aromatic N) is 2. The minimum Gasteiger partial charge on any atom is -0.324 e. The SMILES string of the molecule is CCc1nc(S(N)(=O)=O)cn1CC(F)(F)F. The molecular formula is C7H10F3N3O2S. The zero-order chi connectivity index (χ0) is 12.6. The number of imidazole rings is 1. The van der Waals surface area contributed by atoms with Gasteiger partial charge >= 0.3 is 6.18 Å². The summed E-state index contributed by atoms with van der Waals surface area (Å²) in [6, 6.07) is 0. The van der Waals surface area contributed by atoms with Crippen molar-refractivity contribution >= 4 is 10.0 Å². The molecule has 0 aromatic carbocycles. The van der Waals surface area contributed by atoms with E-state index in [9.17, 15) is 21.6 Å². The van der Waals surface area contributed by atoms with Gasteiger partial charge in [-0.2, -0.15) is 13.2 Å². The van der Waals surface area contributed by atoms with Crippen molar-refractivity contribution in [2.75, 3.05) is 0 Å². The molecule has 1 aromatic rings. The number of hydrogen-bond acceptors (Lipinski definition) is 3. The number of primary sulfonamides is 1. The largest absolute Gasteiger partial charge is 0.406 e. The predicted octanol–water partition coefficient (Wildman–Crippen LogP) is 0.655. The zero-order valence-electron chi connectivity index (χ0n) is 8.32. The molecule has 0 radical (unpaired) electrons. The van der Waals surface area contributed by atoms with Crippen molar-refractivity contribution in [3.8, 4) is 0 Å². The first-order valence-electron chi connectivity index (χ1n) is 4.29. The van der Waals surface area contributed by atoms with Gasteiger partial charge in [-0.25, -0.2) is 18.5 Å². The van der Waals surface area contributed by atoms with Crippen LogP contribution in [0.3, 0.4) is 0 Å². The molecule has 92 valence electrons. The molecule has 1 aromatic heterocycles. The fraction of sp³-hybridized carbons (Fsp3) is 0.571. The molecule has 0 fully saturated rings. The molecule has 1 rings (SSSR count). The fourth-order valence-electron chi connectivity index (χ4n) is 1.18. The Morgan fingerprint density at radius 2 is 2.06 bits per heavy atom. The van der Waals surface area contributed by atoms with Crippen molar-refractivity contribution in [2.45, 2.75) is 31.1 Å². The number of sulfonamides is 1. The van der Waals surface area contributed by atoms with Gasteiger partial charge in [0.25, 0.3) is 10.0 Å². The number of hydrogen-bond donors (Lipinski definition) is 1. The molecule has 16 heavy (non-hydrogen) atoms. The molecule has 0 saturated carbocycles. The maximum Gasteiger partial charge on any atom is 0.406 e. The lowest BCUT2D eigenvalue weighted by Crippen LogP contribution is -2.18. The third-order valence-corrected chi connectivity index (χ3v) is 2.57. The second kappa shape index (κ2) is 4.06. The lowest BCUT2D eigenvalue weighted by atomic mass is 10.4. The lowest BCUT2D eigenvalue weighted by Gasteiger charge is -2.08. The highest BCUT2D eigenvalue weighted by Gasteiger charge is 2.30.